The Morgan fingerprint density at radius 3 is 2.59 bits per heavy atom. The van der Waals surface area contributed by atoms with Crippen molar-refractivity contribution in [3.63, 3.8) is 0 Å². The van der Waals surface area contributed by atoms with Gasteiger partial charge >= 0.3 is 0 Å². The zero-order valence-corrected chi connectivity index (χ0v) is 11.2. The largest absolute Gasteiger partial charge is 0.303 e. The third-order valence-corrected chi connectivity index (χ3v) is 4.84. The van der Waals surface area contributed by atoms with E-state index in [2.05, 4.69) is 9.62 Å². The lowest BCUT2D eigenvalue weighted by molar-refractivity contribution is 0.334. The molecule has 1 unspecified atom stereocenters. The predicted molar refractivity (Wildman–Crippen MR) is 66.9 cm³/mol. The molecule has 0 bridgehead atoms. The van der Waals surface area contributed by atoms with E-state index in [-0.39, 0.29) is 0 Å². The number of sulfonamides is 1. The Hall–Kier alpha value is -0.640. The maximum Gasteiger partial charge on any atom is 0.227 e. The number of nitrogens with zero attached hydrogens (tertiary/aromatic N) is 2. The molecule has 1 fully saturated rings. The van der Waals surface area contributed by atoms with Gasteiger partial charge in [0.05, 0.1) is 6.07 Å². The summed E-state index contributed by atoms with van der Waals surface area (Å²) >= 11 is 0. The average molecular weight is 259 g/mol. The van der Waals surface area contributed by atoms with Crippen molar-refractivity contribution < 1.29 is 8.42 Å². The fourth-order valence-electron chi connectivity index (χ4n) is 2.00. The molecular weight excluding hydrogens is 238 g/mol. The van der Waals surface area contributed by atoms with Gasteiger partial charge in [-0.05, 0) is 45.3 Å². The van der Waals surface area contributed by atoms with Gasteiger partial charge < -0.3 is 4.90 Å². The first-order chi connectivity index (χ1) is 8.10. The highest BCUT2D eigenvalue weighted by atomic mass is 32.2. The molecule has 1 heterocycles. The molecule has 0 radical (unpaired) electrons. The highest BCUT2D eigenvalue weighted by Crippen LogP contribution is 2.07. The lowest BCUT2D eigenvalue weighted by Crippen LogP contribution is -2.35. The monoisotopic (exact) mass is 259 g/mol. The zero-order chi connectivity index (χ0) is 12.7. The van der Waals surface area contributed by atoms with Crippen LogP contribution < -0.4 is 4.72 Å². The molecule has 1 saturated heterocycles. The number of rotatable bonds is 7. The van der Waals surface area contributed by atoms with Crippen molar-refractivity contribution in [3.8, 4) is 6.07 Å². The second kappa shape index (κ2) is 6.94. The summed E-state index contributed by atoms with van der Waals surface area (Å²) in [5.74, 6) is 0. The van der Waals surface area contributed by atoms with Crippen LogP contribution in [0.1, 0.15) is 32.6 Å². The number of nitrogens with one attached hydrogen (secondary N) is 1. The van der Waals surface area contributed by atoms with Gasteiger partial charge in [-0.1, -0.05) is 6.92 Å². The van der Waals surface area contributed by atoms with Crippen molar-refractivity contribution in [2.45, 2.75) is 37.9 Å². The van der Waals surface area contributed by atoms with Crippen LogP contribution in [0.25, 0.3) is 0 Å². The summed E-state index contributed by atoms with van der Waals surface area (Å²) in [7, 11) is -3.45. The number of likely N-dealkylation sites (tertiary alicyclic amines) is 1. The highest BCUT2D eigenvalue weighted by Gasteiger charge is 2.22. The lowest BCUT2D eigenvalue weighted by atomic mass is 10.4. The van der Waals surface area contributed by atoms with Gasteiger partial charge in [-0.3, -0.25) is 0 Å². The van der Waals surface area contributed by atoms with E-state index in [0.717, 1.165) is 26.1 Å². The van der Waals surface area contributed by atoms with Crippen LogP contribution in [0.15, 0.2) is 0 Å². The molecule has 1 N–H and O–H groups in total. The molecule has 1 rings (SSSR count). The first kappa shape index (κ1) is 14.4. The van der Waals surface area contributed by atoms with Crippen LogP contribution in [0.2, 0.25) is 0 Å². The van der Waals surface area contributed by atoms with Crippen LogP contribution in [0.4, 0.5) is 0 Å². The average Bonchev–Trinajstić information content (AvgIpc) is 2.78. The summed E-state index contributed by atoms with van der Waals surface area (Å²) in [4.78, 5) is 2.34. The molecule has 6 heteroatoms. The summed E-state index contributed by atoms with van der Waals surface area (Å²) < 4.78 is 25.8. The maximum atomic E-state index is 11.6. The maximum absolute atomic E-state index is 11.6. The molecule has 1 aliphatic heterocycles. The van der Waals surface area contributed by atoms with Crippen LogP contribution in [-0.2, 0) is 10.0 Å². The van der Waals surface area contributed by atoms with Gasteiger partial charge in [0.2, 0.25) is 10.0 Å². The minimum atomic E-state index is -3.45. The van der Waals surface area contributed by atoms with Gasteiger partial charge in [-0.2, -0.15) is 5.26 Å². The molecular formula is C11H21N3O2S. The van der Waals surface area contributed by atoms with E-state index in [1.54, 1.807) is 6.92 Å². The van der Waals surface area contributed by atoms with Gasteiger partial charge in [0.15, 0.2) is 5.25 Å². The van der Waals surface area contributed by atoms with Crippen LogP contribution in [0, 0.1) is 11.3 Å². The van der Waals surface area contributed by atoms with Crippen LogP contribution in [0.5, 0.6) is 0 Å². The molecule has 0 spiro atoms. The number of hydrogen-bond acceptors (Lipinski definition) is 4. The van der Waals surface area contributed by atoms with E-state index in [1.807, 2.05) is 6.07 Å². The molecule has 98 valence electrons. The third kappa shape index (κ3) is 4.62. The fraction of sp³-hybridized carbons (Fsp3) is 0.909. The quantitative estimate of drug-likeness (QED) is 0.683. The Balaban J connectivity index is 2.23. The van der Waals surface area contributed by atoms with Gasteiger partial charge in [0.25, 0.3) is 0 Å². The lowest BCUT2D eigenvalue weighted by Gasteiger charge is -2.15. The van der Waals surface area contributed by atoms with Crippen molar-refractivity contribution in [1.29, 1.82) is 5.26 Å². The number of hydrogen-bond donors (Lipinski definition) is 1. The van der Waals surface area contributed by atoms with Crippen molar-refractivity contribution in [1.82, 2.24) is 9.62 Å². The van der Waals surface area contributed by atoms with E-state index in [9.17, 15) is 8.42 Å². The van der Waals surface area contributed by atoms with E-state index in [4.69, 9.17) is 5.26 Å². The molecule has 17 heavy (non-hydrogen) atoms. The summed E-state index contributed by atoms with van der Waals surface area (Å²) in [6.07, 6.45) is 3.63. The SMILES string of the molecule is CCC(C#N)S(=O)(=O)NCCCN1CCCC1. The molecule has 1 atom stereocenters. The smallest absolute Gasteiger partial charge is 0.227 e. The third-order valence-electron chi connectivity index (χ3n) is 3.04. The molecule has 0 aliphatic carbocycles. The minimum Gasteiger partial charge on any atom is -0.303 e. The topological polar surface area (TPSA) is 73.2 Å². The Labute approximate surface area is 104 Å². The molecule has 0 aromatic carbocycles. The number of nitriles is 1. The Morgan fingerprint density at radius 2 is 2.06 bits per heavy atom. The molecule has 0 aromatic rings. The van der Waals surface area contributed by atoms with Gasteiger partial charge in [-0.15, -0.1) is 0 Å². The highest BCUT2D eigenvalue weighted by molar-refractivity contribution is 7.90. The second-order valence-electron chi connectivity index (χ2n) is 4.37. The molecule has 0 saturated carbocycles. The summed E-state index contributed by atoms with van der Waals surface area (Å²) in [5, 5.41) is 7.79. The fourth-order valence-corrected chi connectivity index (χ4v) is 3.21. The first-order valence-electron chi connectivity index (χ1n) is 6.20. The Morgan fingerprint density at radius 1 is 1.41 bits per heavy atom. The molecule has 0 aromatic heterocycles. The van der Waals surface area contributed by atoms with Crippen molar-refractivity contribution in [2.75, 3.05) is 26.2 Å². The van der Waals surface area contributed by atoms with Crippen LogP contribution in [-0.4, -0.2) is 44.7 Å². The second-order valence-corrected chi connectivity index (χ2v) is 6.32. The molecule has 1 aliphatic rings. The van der Waals surface area contributed by atoms with Gasteiger partial charge in [0.1, 0.15) is 0 Å². The Bertz CT molecular complexity index is 355. The van der Waals surface area contributed by atoms with Gasteiger partial charge in [-0.25, -0.2) is 13.1 Å². The van der Waals surface area contributed by atoms with Gasteiger partial charge in [0, 0.05) is 6.54 Å². The van der Waals surface area contributed by atoms with E-state index in [1.165, 1.54) is 12.8 Å². The van der Waals surface area contributed by atoms with Crippen molar-refractivity contribution in [2.24, 2.45) is 0 Å². The standard InChI is InChI=1S/C11H21N3O2S/c1-2-11(10-12)17(15,16)13-6-5-9-14-7-3-4-8-14/h11,13H,2-9H2,1H3. The van der Waals surface area contributed by atoms with Crippen LogP contribution in [0.3, 0.4) is 0 Å². The minimum absolute atomic E-state index is 0.331. The van der Waals surface area contributed by atoms with Crippen molar-refractivity contribution in [3.05, 3.63) is 0 Å². The van der Waals surface area contributed by atoms with E-state index >= 15 is 0 Å². The summed E-state index contributed by atoms with van der Waals surface area (Å²) in [5.41, 5.74) is 0. The predicted octanol–water partition coefficient (Wildman–Crippen LogP) is 0.694. The summed E-state index contributed by atoms with van der Waals surface area (Å²) in [6, 6.07) is 1.81. The molecule has 5 nitrogen and oxygen atoms in total. The normalized spacial score (nSPS) is 19.1. The van der Waals surface area contributed by atoms with E-state index < -0.39 is 15.3 Å². The first-order valence-corrected chi connectivity index (χ1v) is 7.75. The van der Waals surface area contributed by atoms with Crippen molar-refractivity contribution >= 4 is 10.0 Å². The summed E-state index contributed by atoms with van der Waals surface area (Å²) in [6.45, 7) is 5.32. The molecule has 0 amide bonds. The van der Waals surface area contributed by atoms with E-state index in [0.29, 0.717) is 13.0 Å². The Kier molecular flexibility index (Phi) is 5.89. The zero-order valence-electron chi connectivity index (χ0n) is 10.4. The van der Waals surface area contributed by atoms with Crippen LogP contribution >= 0.6 is 0 Å².